The molecular weight excluding hydrogens is 316 g/mol. The molecule has 4 fully saturated rings. The van der Waals surface area contributed by atoms with E-state index in [0.717, 1.165) is 38.5 Å². The van der Waals surface area contributed by atoms with E-state index in [1.54, 1.807) is 0 Å². The van der Waals surface area contributed by atoms with Gasteiger partial charge in [-0.2, -0.15) is 0 Å². The molecule has 4 nitrogen and oxygen atoms in total. The molecule has 4 aliphatic carbocycles. The second kappa shape index (κ2) is 5.39. The minimum Gasteiger partial charge on any atom is -0.393 e. The molecule has 4 saturated carbocycles. The largest absolute Gasteiger partial charge is 0.393 e. The Kier molecular flexibility index (Phi) is 3.81. The van der Waals surface area contributed by atoms with Crippen molar-refractivity contribution in [2.24, 2.45) is 34.5 Å². The first-order chi connectivity index (χ1) is 11.6. The molecule has 0 aliphatic heterocycles. The maximum absolute atomic E-state index is 13.3. The summed E-state index contributed by atoms with van der Waals surface area (Å²) in [6.45, 7) is 6.02. The van der Waals surface area contributed by atoms with Crippen LogP contribution in [0.2, 0.25) is 0 Å². The Morgan fingerprint density at radius 1 is 1.08 bits per heavy atom. The normalized spacial score (nSPS) is 55.2. The van der Waals surface area contributed by atoms with Crippen molar-refractivity contribution < 1.29 is 19.8 Å². The molecule has 25 heavy (non-hydrogen) atoms. The van der Waals surface area contributed by atoms with Crippen LogP contribution in [0.15, 0.2) is 0 Å². The Morgan fingerprint density at radius 3 is 2.44 bits per heavy atom. The number of ketones is 2. The molecule has 0 unspecified atom stereocenters. The van der Waals surface area contributed by atoms with Crippen LogP contribution in [0.5, 0.6) is 0 Å². The van der Waals surface area contributed by atoms with Crippen LogP contribution in [0.1, 0.15) is 72.1 Å². The van der Waals surface area contributed by atoms with E-state index in [1.807, 2.05) is 0 Å². The maximum Gasteiger partial charge on any atom is 0.161 e. The van der Waals surface area contributed by atoms with Gasteiger partial charge in [-0.25, -0.2) is 0 Å². The summed E-state index contributed by atoms with van der Waals surface area (Å²) in [5.74, 6) is 0.546. The lowest BCUT2D eigenvalue weighted by Gasteiger charge is -2.63. The van der Waals surface area contributed by atoms with E-state index < -0.39 is 5.60 Å². The van der Waals surface area contributed by atoms with E-state index in [0.29, 0.717) is 24.7 Å². The highest BCUT2D eigenvalue weighted by molar-refractivity contribution is 5.89. The molecule has 0 radical (unpaired) electrons. The number of hydrogen-bond acceptors (Lipinski definition) is 4. The minimum atomic E-state index is -1.28. The van der Waals surface area contributed by atoms with E-state index in [2.05, 4.69) is 13.8 Å². The summed E-state index contributed by atoms with van der Waals surface area (Å²) in [5, 5.41) is 21.1. The van der Waals surface area contributed by atoms with Gasteiger partial charge in [0.05, 0.1) is 6.10 Å². The van der Waals surface area contributed by atoms with E-state index in [4.69, 9.17) is 0 Å². The first-order valence-corrected chi connectivity index (χ1v) is 10.1. The van der Waals surface area contributed by atoms with E-state index in [1.165, 1.54) is 6.92 Å². The van der Waals surface area contributed by atoms with Crippen molar-refractivity contribution in [3.63, 3.8) is 0 Å². The van der Waals surface area contributed by atoms with Gasteiger partial charge < -0.3 is 10.2 Å². The minimum absolute atomic E-state index is 0.0177. The van der Waals surface area contributed by atoms with Crippen molar-refractivity contribution in [2.45, 2.75) is 83.8 Å². The van der Waals surface area contributed by atoms with Gasteiger partial charge in [-0.15, -0.1) is 0 Å². The van der Waals surface area contributed by atoms with Gasteiger partial charge >= 0.3 is 0 Å². The summed E-state index contributed by atoms with van der Waals surface area (Å²) >= 11 is 0. The Hall–Kier alpha value is -0.740. The number of carbonyl (C=O) groups excluding carboxylic acids is 2. The van der Waals surface area contributed by atoms with Crippen LogP contribution in [-0.2, 0) is 9.59 Å². The summed E-state index contributed by atoms with van der Waals surface area (Å²) in [6, 6.07) is 0. The lowest BCUT2D eigenvalue weighted by Crippen LogP contribution is -2.61. The van der Waals surface area contributed by atoms with E-state index >= 15 is 0 Å². The Labute approximate surface area is 150 Å². The molecule has 0 aromatic heterocycles. The van der Waals surface area contributed by atoms with Crippen molar-refractivity contribution in [1.82, 2.24) is 0 Å². The lowest BCUT2D eigenvalue weighted by molar-refractivity contribution is -0.178. The van der Waals surface area contributed by atoms with E-state index in [-0.39, 0.29) is 40.3 Å². The number of Topliss-reactive ketones (excluding diaryl/α,β-unsaturated/α-hetero) is 2. The molecule has 0 heterocycles. The highest BCUT2D eigenvalue weighted by Crippen LogP contribution is 2.67. The zero-order valence-electron chi connectivity index (χ0n) is 15.8. The third-order valence-corrected chi connectivity index (χ3v) is 9.12. The summed E-state index contributed by atoms with van der Waals surface area (Å²) < 4.78 is 0. The molecule has 0 bridgehead atoms. The van der Waals surface area contributed by atoms with Crippen molar-refractivity contribution in [3.8, 4) is 0 Å². The molecule has 0 aromatic rings. The number of aliphatic hydroxyl groups excluding tert-OH is 1. The average molecular weight is 348 g/mol. The monoisotopic (exact) mass is 348 g/mol. The highest BCUT2D eigenvalue weighted by atomic mass is 16.3. The molecule has 4 heteroatoms. The van der Waals surface area contributed by atoms with Crippen LogP contribution in [-0.4, -0.2) is 33.5 Å². The van der Waals surface area contributed by atoms with Gasteiger partial charge in [0, 0.05) is 18.3 Å². The number of rotatable bonds is 1. The first kappa shape index (κ1) is 17.7. The quantitative estimate of drug-likeness (QED) is 0.764. The summed E-state index contributed by atoms with van der Waals surface area (Å²) in [4.78, 5) is 25.4. The third kappa shape index (κ3) is 2.19. The molecule has 140 valence electrons. The van der Waals surface area contributed by atoms with Crippen molar-refractivity contribution in [3.05, 3.63) is 0 Å². The van der Waals surface area contributed by atoms with Crippen molar-refractivity contribution >= 4 is 11.6 Å². The van der Waals surface area contributed by atoms with Crippen LogP contribution in [0.25, 0.3) is 0 Å². The smallest absolute Gasteiger partial charge is 0.161 e. The summed E-state index contributed by atoms with van der Waals surface area (Å²) in [6.07, 6.45) is 6.02. The van der Waals surface area contributed by atoms with Crippen LogP contribution in [0, 0.1) is 34.5 Å². The Bertz CT molecular complexity index is 615. The second-order valence-corrected chi connectivity index (χ2v) is 10.0. The molecular formula is C21H32O4. The fraction of sp³-hybridized carbons (Fsp3) is 0.905. The molecule has 4 rings (SSSR count). The predicted octanol–water partition coefficient (Wildman–Crippen LogP) is 2.89. The predicted molar refractivity (Wildman–Crippen MR) is 93.8 cm³/mol. The van der Waals surface area contributed by atoms with Crippen molar-refractivity contribution in [1.29, 1.82) is 0 Å². The zero-order valence-corrected chi connectivity index (χ0v) is 15.8. The second-order valence-electron chi connectivity index (χ2n) is 10.0. The SMILES string of the molecule is CC(=O)[C@]1(O)CC[C@@H]2[C@@H]3CC[C@]4(C)C[C@H](O)CC[C@]4(C)[C@@H]3C(=O)C[C@@H]21. The van der Waals surface area contributed by atoms with Gasteiger partial charge in [0.15, 0.2) is 5.78 Å². The Balaban J connectivity index is 1.70. The fourth-order valence-electron chi connectivity index (χ4n) is 7.46. The fourth-order valence-corrected chi connectivity index (χ4v) is 7.46. The average Bonchev–Trinajstić information content (AvgIpc) is 2.87. The molecule has 0 aromatic carbocycles. The van der Waals surface area contributed by atoms with Crippen LogP contribution in [0.3, 0.4) is 0 Å². The molecule has 4 aliphatic rings. The van der Waals surface area contributed by atoms with Gasteiger partial charge in [-0.1, -0.05) is 13.8 Å². The number of hydrogen-bond donors (Lipinski definition) is 2. The molecule has 0 saturated heterocycles. The first-order valence-electron chi connectivity index (χ1n) is 10.1. The van der Waals surface area contributed by atoms with Gasteiger partial charge in [0.2, 0.25) is 0 Å². The van der Waals surface area contributed by atoms with Crippen molar-refractivity contribution in [2.75, 3.05) is 0 Å². The molecule has 0 amide bonds. The van der Waals surface area contributed by atoms with Crippen LogP contribution in [0.4, 0.5) is 0 Å². The number of carbonyl (C=O) groups is 2. The number of aliphatic hydroxyl groups is 2. The topological polar surface area (TPSA) is 74.6 Å². The highest BCUT2D eigenvalue weighted by Gasteiger charge is 2.65. The van der Waals surface area contributed by atoms with Gasteiger partial charge in [0.1, 0.15) is 11.4 Å². The zero-order chi connectivity index (χ0) is 18.2. The standard InChI is InChI=1S/C21H32O4/c1-12(22)21(25)9-6-14-15-5-7-19(2)11-13(23)4-8-20(19,3)18(15)17(24)10-16(14)21/h13-16,18,23,25H,4-11H2,1-3H3/t13-,14-,15+,16+,18+,19-,20-,21-/m1/s1. The van der Waals surface area contributed by atoms with Gasteiger partial charge in [-0.3, -0.25) is 9.59 Å². The molecule has 0 spiro atoms. The maximum atomic E-state index is 13.3. The molecule has 2 N–H and O–H groups in total. The summed E-state index contributed by atoms with van der Waals surface area (Å²) in [5.41, 5.74) is -1.33. The van der Waals surface area contributed by atoms with Crippen LogP contribution >= 0.6 is 0 Å². The molecule has 8 atom stereocenters. The Morgan fingerprint density at radius 2 is 1.76 bits per heavy atom. The third-order valence-electron chi connectivity index (χ3n) is 9.12. The lowest BCUT2D eigenvalue weighted by atomic mass is 9.41. The van der Waals surface area contributed by atoms with Gasteiger partial charge in [0.25, 0.3) is 0 Å². The van der Waals surface area contributed by atoms with E-state index in [9.17, 15) is 19.8 Å². The van der Waals surface area contributed by atoms with Crippen LogP contribution < -0.4 is 0 Å². The van der Waals surface area contributed by atoms with Gasteiger partial charge in [-0.05, 0) is 74.5 Å². The summed E-state index contributed by atoms with van der Waals surface area (Å²) in [7, 11) is 0. The number of fused-ring (bicyclic) bond motifs is 5.